The van der Waals surface area contributed by atoms with Crippen molar-refractivity contribution in [1.82, 2.24) is 4.90 Å². The molecule has 94 valence electrons. The highest BCUT2D eigenvalue weighted by molar-refractivity contribution is 5.02. The maximum absolute atomic E-state index is 6.17. The number of nitrogens with two attached hydrogens (primary N) is 1. The van der Waals surface area contributed by atoms with Gasteiger partial charge in [-0.15, -0.1) is 0 Å². The summed E-state index contributed by atoms with van der Waals surface area (Å²) in [6.07, 6.45) is 6.82. The fraction of sp³-hybridized carbons (Fsp3) is 1.00. The average molecular weight is 224 g/mol. The van der Waals surface area contributed by atoms with Crippen molar-refractivity contribution in [3.8, 4) is 0 Å². The van der Waals surface area contributed by atoms with Gasteiger partial charge in [-0.25, -0.2) is 0 Å². The predicted molar refractivity (Wildman–Crippen MR) is 69.4 cm³/mol. The topological polar surface area (TPSA) is 29.3 Å². The van der Waals surface area contributed by atoms with Gasteiger partial charge < -0.3 is 5.73 Å². The lowest BCUT2D eigenvalue weighted by molar-refractivity contribution is 0.00653. The van der Waals surface area contributed by atoms with Crippen LogP contribution in [-0.4, -0.2) is 29.6 Å². The van der Waals surface area contributed by atoms with E-state index < -0.39 is 0 Å². The van der Waals surface area contributed by atoms with E-state index in [9.17, 15) is 0 Å². The SMILES string of the molecule is CC1CC(C)N(C2(CN)CCCCC2C)C1. The van der Waals surface area contributed by atoms with Crippen molar-refractivity contribution in [2.45, 2.75) is 64.5 Å². The Hall–Kier alpha value is -0.0800. The molecular formula is C14H28N2. The number of likely N-dealkylation sites (tertiary alicyclic amines) is 1. The van der Waals surface area contributed by atoms with E-state index >= 15 is 0 Å². The van der Waals surface area contributed by atoms with Gasteiger partial charge >= 0.3 is 0 Å². The highest BCUT2D eigenvalue weighted by atomic mass is 15.3. The second-order valence-corrected chi connectivity index (χ2v) is 6.30. The summed E-state index contributed by atoms with van der Waals surface area (Å²) in [6.45, 7) is 9.31. The first-order valence-corrected chi connectivity index (χ1v) is 7.07. The summed E-state index contributed by atoms with van der Waals surface area (Å²) in [6, 6.07) is 0.735. The van der Waals surface area contributed by atoms with Crippen LogP contribution in [0.25, 0.3) is 0 Å². The molecule has 4 atom stereocenters. The summed E-state index contributed by atoms with van der Waals surface area (Å²) >= 11 is 0. The van der Waals surface area contributed by atoms with E-state index in [1.807, 2.05) is 0 Å². The average Bonchev–Trinajstić information content (AvgIpc) is 2.59. The summed E-state index contributed by atoms with van der Waals surface area (Å²) in [7, 11) is 0. The first-order valence-electron chi connectivity index (χ1n) is 7.07. The molecule has 1 aliphatic heterocycles. The summed E-state index contributed by atoms with van der Waals surface area (Å²) in [5.74, 6) is 1.63. The van der Waals surface area contributed by atoms with Crippen molar-refractivity contribution in [3.05, 3.63) is 0 Å². The summed E-state index contributed by atoms with van der Waals surface area (Å²) in [5.41, 5.74) is 6.50. The van der Waals surface area contributed by atoms with Gasteiger partial charge in [0, 0.05) is 24.7 Å². The molecule has 16 heavy (non-hydrogen) atoms. The standard InChI is InChI=1S/C14H28N2/c1-11-8-13(3)16(9-11)14(10-15)7-5-4-6-12(14)2/h11-13H,4-10,15H2,1-3H3. The van der Waals surface area contributed by atoms with Crippen LogP contribution >= 0.6 is 0 Å². The van der Waals surface area contributed by atoms with E-state index in [-0.39, 0.29) is 0 Å². The summed E-state index contributed by atoms with van der Waals surface area (Å²) < 4.78 is 0. The Kier molecular flexibility index (Phi) is 3.60. The molecule has 0 aromatic rings. The van der Waals surface area contributed by atoms with Gasteiger partial charge in [-0.3, -0.25) is 4.90 Å². The van der Waals surface area contributed by atoms with Gasteiger partial charge in [0.1, 0.15) is 0 Å². The Bertz CT molecular complexity index is 241. The first kappa shape index (κ1) is 12.4. The lowest BCUT2D eigenvalue weighted by Gasteiger charge is -2.50. The molecule has 4 unspecified atom stereocenters. The monoisotopic (exact) mass is 224 g/mol. The van der Waals surface area contributed by atoms with Crippen molar-refractivity contribution >= 4 is 0 Å². The van der Waals surface area contributed by atoms with Crippen molar-refractivity contribution in [1.29, 1.82) is 0 Å². The number of hydrogen-bond acceptors (Lipinski definition) is 2. The number of rotatable bonds is 2. The molecule has 0 radical (unpaired) electrons. The molecule has 2 rings (SSSR count). The number of hydrogen-bond donors (Lipinski definition) is 1. The Morgan fingerprint density at radius 3 is 2.50 bits per heavy atom. The number of nitrogens with zero attached hydrogens (tertiary/aromatic N) is 1. The molecule has 1 heterocycles. The highest BCUT2D eigenvalue weighted by Crippen LogP contribution is 2.42. The molecule has 1 saturated carbocycles. The second kappa shape index (κ2) is 4.66. The van der Waals surface area contributed by atoms with Crippen LogP contribution < -0.4 is 5.73 Å². The van der Waals surface area contributed by atoms with Crippen LogP contribution in [-0.2, 0) is 0 Å². The molecule has 2 N–H and O–H groups in total. The molecule has 0 bridgehead atoms. The minimum atomic E-state index is 0.322. The van der Waals surface area contributed by atoms with Gasteiger partial charge in [-0.05, 0) is 38.0 Å². The molecule has 2 heteroatoms. The zero-order chi connectivity index (χ0) is 11.8. The molecule has 2 aliphatic rings. The second-order valence-electron chi connectivity index (χ2n) is 6.30. The van der Waals surface area contributed by atoms with Crippen molar-refractivity contribution in [2.24, 2.45) is 17.6 Å². The molecule has 0 aromatic carbocycles. The third-order valence-corrected chi connectivity index (χ3v) is 5.12. The van der Waals surface area contributed by atoms with Gasteiger partial charge in [0.2, 0.25) is 0 Å². The fourth-order valence-corrected chi connectivity index (χ4v) is 4.16. The van der Waals surface area contributed by atoms with Crippen LogP contribution in [0.3, 0.4) is 0 Å². The molecule has 2 nitrogen and oxygen atoms in total. The van der Waals surface area contributed by atoms with Crippen LogP contribution in [0, 0.1) is 11.8 Å². The highest BCUT2D eigenvalue weighted by Gasteiger charge is 2.46. The Labute approximate surface area is 101 Å². The van der Waals surface area contributed by atoms with E-state index in [4.69, 9.17) is 5.73 Å². The van der Waals surface area contributed by atoms with Gasteiger partial charge in [-0.1, -0.05) is 26.7 Å². The van der Waals surface area contributed by atoms with E-state index in [0.29, 0.717) is 5.54 Å². The van der Waals surface area contributed by atoms with Gasteiger partial charge in [0.15, 0.2) is 0 Å². The van der Waals surface area contributed by atoms with Crippen LogP contribution in [0.5, 0.6) is 0 Å². The summed E-state index contributed by atoms with van der Waals surface area (Å²) in [5, 5.41) is 0. The van der Waals surface area contributed by atoms with Crippen LogP contribution in [0.4, 0.5) is 0 Å². The molecule has 0 amide bonds. The maximum atomic E-state index is 6.17. The first-order chi connectivity index (χ1) is 7.60. The molecule has 0 aromatic heterocycles. The lowest BCUT2D eigenvalue weighted by Crippen LogP contribution is -2.60. The molecular weight excluding hydrogens is 196 g/mol. The van der Waals surface area contributed by atoms with E-state index in [1.165, 1.54) is 38.6 Å². The van der Waals surface area contributed by atoms with Crippen LogP contribution in [0.15, 0.2) is 0 Å². The Balaban J connectivity index is 2.19. The Morgan fingerprint density at radius 1 is 1.25 bits per heavy atom. The van der Waals surface area contributed by atoms with Crippen LogP contribution in [0.1, 0.15) is 52.9 Å². The van der Waals surface area contributed by atoms with E-state index in [0.717, 1.165) is 24.4 Å². The quantitative estimate of drug-likeness (QED) is 0.781. The molecule has 0 spiro atoms. The zero-order valence-corrected chi connectivity index (χ0v) is 11.2. The predicted octanol–water partition coefficient (Wildman–Crippen LogP) is 2.62. The molecule has 2 fully saturated rings. The van der Waals surface area contributed by atoms with Crippen molar-refractivity contribution in [3.63, 3.8) is 0 Å². The fourth-order valence-electron chi connectivity index (χ4n) is 4.16. The Morgan fingerprint density at radius 2 is 2.00 bits per heavy atom. The maximum Gasteiger partial charge on any atom is 0.0360 e. The van der Waals surface area contributed by atoms with Gasteiger partial charge in [0.05, 0.1) is 0 Å². The third-order valence-electron chi connectivity index (χ3n) is 5.12. The van der Waals surface area contributed by atoms with Crippen molar-refractivity contribution in [2.75, 3.05) is 13.1 Å². The minimum Gasteiger partial charge on any atom is -0.329 e. The van der Waals surface area contributed by atoms with Crippen LogP contribution in [0.2, 0.25) is 0 Å². The molecule has 1 saturated heterocycles. The minimum absolute atomic E-state index is 0.322. The summed E-state index contributed by atoms with van der Waals surface area (Å²) in [4.78, 5) is 2.75. The van der Waals surface area contributed by atoms with Crippen molar-refractivity contribution < 1.29 is 0 Å². The third kappa shape index (κ3) is 1.91. The van der Waals surface area contributed by atoms with Gasteiger partial charge in [-0.2, -0.15) is 0 Å². The zero-order valence-electron chi connectivity index (χ0n) is 11.2. The largest absolute Gasteiger partial charge is 0.329 e. The smallest absolute Gasteiger partial charge is 0.0360 e. The van der Waals surface area contributed by atoms with Gasteiger partial charge in [0.25, 0.3) is 0 Å². The lowest BCUT2D eigenvalue weighted by atomic mass is 9.72. The van der Waals surface area contributed by atoms with E-state index in [2.05, 4.69) is 25.7 Å². The molecule has 1 aliphatic carbocycles. The van der Waals surface area contributed by atoms with E-state index in [1.54, 1.807) is 0 Å². The normalized spacial score (nSPS) is 46.1.